The number of sulfonamides is 1. The minimum absolute atomic E-state index is 0.140. The number of halogens is 7. The van der Waals surface area contributed by atoms with Gasteiger partial charge < -0.3 is 14.3 Å². The highest BCUT2D eigenvalue weighted by Gasteiger charge is 2.76. The van der Waals surface area contributed by atoms with Crippen LogP contribution in [0.4, 0.5) is 30.7 Å². The molecule has 0 saturated heterocycles. The van der Waals surface area contributed by atoms with Crippen molar-refractivity contribution in [1.82, 2.24) is 0 Å². The molecule has 0 fully saturated rings. The van der Waals surface area contributed by atoms with Crippen LogP contribution in [0.15, 0.2) is 0 Å². The molecule has 0 rings (SSSR count). The van der Waals surface area contributed by atoms with E-state index in [9.17, 15) is 39.2 Å². The van der Waals surface area contributed by atoms with E-state index in [1.165, 1.54) is 0 Å². The zero-order valence-corrected chi connectivity index (χ0v) is 13.1. The lowest BCUT2D eigenvalue weighted by Crippen LogP contribution is -2.55. The predicted octanol–water partition coefficient (Wildman–Crippen LogP) is 1.94. The molecule has 0 bridgehead atoms. The van der Waals surface area contributed by atoms with E-state index >= 15 is 0 Å². The Morgan fingerprint density at radius 3 is 1.87 bits per heavy atom. The summed E-state index contributed by atoms with van der Waals surface area (Å²) in [6.07, 6.45) is -6.90. The SMILES string of the molecule is C[N+](C)(CCO)CCC[N-]S(=O)(=O)C(F)(F)C(F)(F)C(F)(F)F. The van der Waals surface area contributed by atoms with Crippen molar-refractivity contribution in [2.75, 3.05) is 40.3 Å². The maximum Gasteiger partial charge on any atom is 0.461 e. The van der Waals surface area contributed by atoms with Gasteiger partial charge in [-0.3, -0.25) is 0 Å². The first-order valence-electron chi connectivity index (χ1n) is 6.20. The Morgan fingerprint density at radius 2 is 1.48 bits per heavy atom. The van der Waals surface area contributed by atoms with Crippen LogP contribution in [0.25, 0.3) is 4.72 Å². The summed E-state index contributed by atoms with van der Waals surface area (Å²) in [5.41, 5.74) is 0. The Labute approximate surface area is 128 Å². The predicted molar refractivity (Wildman–Crippen MR) is 66.6 cm³/mol. The summed E-state index contributed by atoms with van der Waals surface area (Å²) >= 11 is 0. The van der Waals surface area contributed by atoms with Gasteiger partial charge in [0.2, 0.25) is 0 Å². The number of aliphatic hydroxyl groups is 1. The average Bonchev–Trinajstić information content (AvgIpc) is 2.32. The van der Waals surface area contributed by atoms with Crippen molar-refractivity contribution in [3.8, 4) is 0 Å². The molecule has 0 aliphatic heterocycles. The van der Waals surface area contributed by atoms with E-state index in [1.54, 1.807) is 14.1 Å². The molecule has 0 aliphatic carbocycles. The molecule has 0 saturated carbocycles. The summed E-state index contributed by atoms with van der Waals surface area (Å²) in [4.78, 5) is 0. The van der Waals surface area contributed by atoms with E-state index in [4.69, 9.17) is 5.11 Å². The van der Waals surface area contributed by atoms with Crippen molar-refractivity contribution in [3.63, 3.8) is 0 Å². The van der Waals surface area contributed by atoms with Crippen LogP contribution in [-0.4, -0.2) is 75.7 Å². The molecule has 0 atom stereocenters. The maximum absolute atomic E-state index is 13.1. The second-order valence-electron chi connectivity index (χ2n) is 5.38. The van der Waals surface area contributed by atoms with E-state index in [-0.39, 0.29) is 30.6 Å². The Kier molecular flexibility index (Phi) is 6.87. The zero-order chi connectivity index (χ0) is 18.7. The molecule has 23 heavy (non-hydrogen) atoms. The highest BCUT2D eigenvalue weighted by molar-refractivity contribution is 7.95. The number of nitrogens with zero attached hydrogens (tertiary/aromatic N) is 2. The maximum atomic E-state index is 13.1. The number of rotatable bonds is 9. The average molecular weight is 378 g/mol. The molecule has 0 aromatic heterocycles. The van der Waals surface area contributed by atoms with Crippen molar-refractivity contribution >= 4 is 10.0 Å². The molecular weight excluding hydrogens is 361 g/mol. The number of hydrogen-bond donors (Lipinski definition) is 1. The van der Waals surface area contributed by atoms with Gasteiger partial charge in [0.15, 0.2) is 0 Å². The zero-order valence-electron chi connectivity index (χ0n) is 12.2. The lowest BCUT2D eigenvalue weighted by molar-refractivity contribution is -0.890. The van der Waals surface area contributed by atoms with Gasteiger partial charge in [-0.25, -0.2) is 8.42 Å². The monoisotopic (exact) mass is 378 g/mol. The fourth-order valence-corrected chi connectivity index (χ4v) is 2.45. The summed E-state index contributed by atoms with van der Waals surface area (Å²) in [5, 5.41) is 2.34. The molecule has 0 heterocycles. The summed E-state index contributed by atoms with van der Waals surface area (Å²) in [6, 6.07) is 0. The first-order chi connectivity index (χ1) is 10.0. The van der Waals surface area contributed by atoms with Crippen LogP contribution in [0, 0.1) is 0 Å². The Hall–Kier alpha value is -0.660. The molecule has 0 aromatic carbocycles. The van der Waals surface area contributed by atoms with Crippen LogP contribution in [0.3, 0.4) is 0 Å². The quantitative estimate of drug-likeness (QED) is 0.379. The van der Waals surface area contributed by atoms with E-state index in [0.29, 0.717) is 0 Å². The van der Waals surface area contributed by atoms with Crippen LogP contribution < -0.4 is 0 Å². The van der Waals surface area contributed by atoms with Crippen LogP contribution >= 0.6 is 0 Å². The Balaban J connectivity index is 4.89. The number of alkyl halides is 7. The summed E-state index contributed by atoms with van der Waals surface area (Å²) in [5.74, 6) is -6.76. The summed E-state index contributed by atoms with van der Waals surface area (Å²) in [6.45, 7) is -0.701. The smallest absolute Gasteiger partial charge is 0.461 e. The van der Waals surface area contributed by atoms with Gasteiger partial charge >= 0.3 is 17.4 Å². The standard InChI is InChI=1S/C10H17F7N2O3S/c1-19(2,6-7-20)5-3-4-18-23(21,22)10(16,17)8(11,12)9(13,14)15/h20H,3-7H2,1-2H3. The number of quaternary nitrogens is 1. The van der Waals surface area contributed by atoms with Gasteiger partial charge in [0, 0.05) is 0 Å². The lowest BCUT2D eigenvalue weighted by Gasteiger charge is -2.34. The normalized spacial score (nSPS) is 15.0. The van der Waals surface area contributed by atoms with Crippen LogP contribution in [0.1, 0.15) is 6.42 Å². The minimum Gasteiger partial charge on any atom is -0.543 e. The second kappa shape index (κ2) is 7.07. The second-order valence-corrected chi connectivity index (χ2v) is 7.10. The van der Waals surface area contributed by atoms with Gasteiger partial charge in [-0.05, 0) is 6.42 Å². The van der Waals surface area contributed by atoms with E-state index < -0.39 is 33.9 Å². The fourth-order valence-electron chi connectivity index (χ4n) is 1.47. The summed E-state index contributed by atoms with van der Waals surface area (Å²) in [7, 11) is -3.15. The van der Waals surface area contributed by atoms with Gasteiger partial charge in [-0.1, -0.05) is 0 Å². The molecule has 5 nitrogen and oxygen atoms in total. The first-order valence-corrected chi connectivity index (χ1v) is 7.64. The van der Waals surface area contributed by atoms with Gasteiger partial charge in [-0.15, -0.1) is 6.54 Å². The molecule has 0 radical (unpaired) electrons. The third-order valence-corrected chi connectivity index (χ3v) is 4.36. The van der Waals surface area contributed by atoms with Gasteiger partial charge in [0.25, 0.3) is 0 Å². The molecule has 140 valence electrons. The fraction of sp³-hybridized carbons (Fsp3) is 1.00. The van der Waals surface area contributed by atoms with E-state index in [0.717, 1.165) is 0 Å². The molecule has 13 heteroatoms. The Morgan fingerprint density at radius 1 is 1.00 bits per heavy atom. The van der Waals surface area contributed by atoms with Gasteiger partial charge in [-0.2, -0.15) is 30.7 Å². The topological polar surface area (TPSA) is 68.5 Å². The van der Waals surface area contributed by atoms with Crippen molar-refractivity contribution < 1.29 is 48.7 Å². The highest BCUT2D eigenvalue weighted by atomic mass is 32.2. The van der Waals surface area contributed by atoms with Crippen LogP contribution in [0.2, 0.25) is 0 Å². The molecule has 0 spiro atoms. The van der Waals surface area contributed by atoms with E-state index in [2.05, 4.69) is 4.72 Å². The number of likely N-dealkylation sites (N-methyl/N-ethyl adjacent to an activating group) is 1. The van der Waals surface area contributed by atoms with Crippen LogP contribution in [0.5, 0.6) is 0 Å². The van der Waals surface area contributed by atoms with Crippen molar-refractivity contribution in [2.24, 2.45) is 0 Å². The molecule has 0 unspecified atom stereocenters. The van der Waals surface area contributed by atoms with Gasteiger partial charge in [0.05, 0.1) is 27.2 Å². The van der Waals surface area contributed by atoms with Crippen LogP contribution in [-0.2, 0) is 10.0 Å². The molecule has 0 aromatic rings. The molecular formula is C10H17F7N2O3S. The number of aliphatic hydroxyl groups excluding tert-OH is 1. The van der Waals surface area contributed by atoms with Crippen molar-refractivity contribution in [3.05, 3.63) is 4.72 Å². The largest absolute Gasteiger partial charge is 0.543 e. The van der Waals surface area contributed by atoms with Crippen molar-refractivity contribution in [1.29, 1.82) is 0 Å². The third-order valence-electron chi connectivity index (χ3n) is 2.93. The third kappa shape index (κ3) is 5.16. The van der Waals surface area contributed by atoms with Gasteiger partial charge in [0.1, 0.15) is 16.6 Å². The van der Waals surface area contributed by atoms with Crippen molar-refractivity contribution in [2.45, 2.75) is 23.8 Å². The lowest BCUT2D eigenvalue weighted by atomic mass is 10.3. The molecule has 1 N–H and O–H groups in total. The highest BCUT2D eigenvalue weighted by Crippen LogP contribution is 2.50. The first kappa shape index (κ1) is 22.3. The van der Waals surface area contributed by atoms with E-state index in [1.807, 2.05) is 0 Å². The molecule has 0 amide bonds. The summed E-state index contributed by atoms with van der Waals surface area (Å²) < 4.78 is 112. The molecule has 0 aliphatic rings. The minimum atomic E-state index is -6.76. The number of hydrogen-bond acceptors (Lipinski definition) is 3. The Bertz CT molecular complexity index is 491.